The number of benzene rings is 1. The summed E-state index contributed by atoms with van der Waals surface area (Å²) in [7, 11) is 0. The highest BCUT2D eigenvalue weighted by Crippen LogP contribution is 2.14. The highest BCUT2D eigenvalue weighted by molar-refractivity contribution is 6.04. The van der Waals surface area contributed by atoms with Gasteiger partial charge >= 0.3 is 0 Å². The van der Waals surface area contributed by atoms with Crippen molar-refractivity contribution < 1.29 is 4.79 Å². The lowest BCUT2D eigenvalue weighted by Gasteiger charge is -2.13. The van der Waals surface area contributed by atoms with E-state index in [1.807, 2.05) is 31.2 Å². The normalized spacial score (nSPS) is 12.6. The van der Waals surface area contributed by atoms with Crippen LogP contribution in [-0.2, 0) is 0 Å². The van der Waals surface area contributed by atoms with Gasteiger partial charge in [0.2, 0.25) is 0 Å². The van der Waals surface area contributed by atoms with Crippen LogP contribution in [0.2, 0.25) is 0 Å². The number of aromatic nitrogens is 2. The van der Waals surface area contributed by atoms with Crippen LogP contribution in [0.3, 0.4) is 0 Å². The van der Waals surface area contributed by atoms with Gasteiger partial charge in [0.15, 0.2) is 5.69 Å². The maximum Gasteiger partial charge on any atom is 0.272 e. The van der Waals surface area contributed by atoms with Crippen LogP contribution < -0.4 is 11.1 Å². The number of nitrogens with one attached hydrogen (secondary N) is 2. The second-order valence-corrected chi connectivity index (χ2v) is 3.93. The van der Waals surface area contributed by atoms with E-state index in [1.165, 1.54) is 0 Å². The molecule has 0 saturated heterocycles. The number of rotatable bonds is 4. The fourth-order valence-electron chi connectivity index (χ4n) is 1.72. The monoisotopic (exact) mass is 232 g/mol. The fourth-order valence-corrected chi connectivity index (χ4v) is 1.72. The van der Waals surface area contributed by atoms with Crippen LogP contribution in [0.4, 0.5) is 0 Å². The molecule has 1 atom stereocenters. The predicted octanol–water partition coefficient (Wildman–Crippen LogP) is 1.03. The lowest BCUT2D eigenvalue weighted by Crippen LogP contribution is -2.39. The summed E-state index contributed by atoms with van der Waals surface area (Å²) in [5.74, 6) is -0.181. The number of hydrogen-bond acceptors (Lipinski definition) is 3. The third-order valence-electron chi connectivity index (χ3n) is 2.80. The summed E-state index contributed by atoms with van der Waals surface area (Å²) in [5, 5.41) is 10.6. The molecule has 0 radical (unpaired) electrons. The van der Waals surface area contributed by atoms with Crippen molar-refractivity contribution in [3.8, 4) is 0 Å². The Balaban J connectivity index is 2.25. The second kappa shape index (κ2) is 4.97. The number of fused-ring (bicyclic) bond motifs is 1. The van der Waals surface area contributed by atoms with E-state index in [0.717, 1.165) is 17.3 Å². The van der Waals surface area contributed by atoms with Crippen molar-refractivity contribution in [2.45, 2.75) is 19.4 Å². The highest BCUT2D eigenvalue weighted by Gasteiger charge is 2.16. The van der Waals surface area contributed by atoms with Crippen LogP contribution in [0, 0.1) is 0 Å². The quantitative estimate of drug-likeness (QED) is 0.736. The molecule has 2 rings (SSSR count). The molecule has 90 valence electrons. The van der Waals surface area contributed by atoms with Gasteiger partial charge in [0.25, 0.3) is 5.91 Å². The topological polar surface area (TPSA) is 83.8 Å². The van der Waals surface area contributed by atoms with Gasteiger partial charge in [0.1, 0.15) is 0 Å². The minimum Gasteiger partial charge on any atom is -0.347 e. The minimum atomic E-state index is -0.181. The lowest BCUT2D eigenvalue weighted by atomic mass is 10.2. The van der Waals surface area contributed by atoms with E-state index in [1.54, 1.807) is 0 Å². The molecule has 5 heteroatoms. The molecule has 1 aromatic heterocycles. The van der Waals surface area contributed by atoms with Gasteiger partial charge in [-0.2, -0.15) is 5.10 Å². The van der Waals surface area contributed by atoms with Crippen molar-refractivity contribution in [1.29, 1.82) is 0 Å². The van der Waals surface area contributed by atoms with E-state index >= 15 is 0 Å². The first kappa shape index (κ1) is 11.6. The maximum absolute atomic E-state index is 12.0. The number of nitrogens with two attached hydrogens (primary N) is 1. The molecule has 1 unspecified atom stereocenters. The molecule has 1 aromatic carbocycles. The van der Waals surface area contributed by atoms with Crippen molar-refractivity contribution >= 4 is 16.8 Å². The van der Waals surface area contributed by atoms with Gasteiger partial charge < -0.3 is 11.1 Å². The van der Waals surface area contributed by atoms with Crippen molar-refractivity contribution in [1.82, 2.24) is 15.5 Å². The summed E-state index contributed by atoms with van der Waals surface area (Å²) in [6, 6.07) is 7.54. The van der Waals surface area contributed by atoms with E-state index in [9.17, 15) is 4.79 Å². The van der Waals surface area contributed by atoms with Crippen LogP contribution in [0.25, 0.3) is 10.9 Å². The molecule has 0 bridgehead atoms. The van der Waals surface area contributed by atoms with E-state index < -0.39 is 0 Å². The maximum atomic E-state index is 12.0. The van der Waals surface area contributed by atoms with Gasteiger partial charge in [0.05, 0.1) is 5.52 Å². The Morgan fingerprint density at radius 2 is 2.29 bits per heavy atom. The van der Waals surface area contributed by atoms with E-state index in [-0.39, 0.29) is 11.9 Å². The predicted molar refractivity (Wildman–Crippen MR) is 66.7 cm³/mol. The molecule has 0 aliphatic heterocycles. The molecule has 0 aliphatic carbocycles. The number of carbonyl (C=O) groups is 1. The van der Waals surface area contributed by atoms with E-state index in [2.05, 4.69) is 15.5 Å². The number of hydrogen-bond donors (Lipinski definition) is 3. The number of amides is 1. The van der Waals surface area contributed by atoms with Crippen LogP contribution >= 0.6 is 0 Å². The van der Waals surface area contributed by atoms with Gasteiger partial charge in [-0.15, -0.1) is 0 Å². The third kappa shape index (κ3) is 2.29. The second-order valence-electron chi connectivity index (χ2n) is 3.93. The average molecular weight is 232 g/mol. The highest BCUT2D eigenvalue weighted by atomic mass is 16.2. The van der Waals surface area contributed by atoms with Gasteiger partial charge in [-0.3, -0.25) is 9.89 Å². The molecule has 1 heterocycles. The first-order valence-corrected chi connectivity index (χ1v) is 5.70. The number of carbonyl (C=O) groups excluding carboxylic acids is 1. The number of H-pyrrole nitrogens is 1. The van der Waals surface area contributed by atoms with Crippen molar-refractivity contribution in [2.24, 2.45) is 5.73 Å². The Hall–Kier alpha value is -1.88. The molecule has 1 amide bonds. The van der Waals surface area contributed by atoms with Crippen molar-refractivity contribution in [3.63, 3.8) is 0 Å². The zero-order chi connectivity index (χ0) is 12.3. The molecule has 0 spiro atoms. The van der Waals surface area contributed by atoms with Gasteiger partial charge in [0, 0.05) is 18.0 Å². The first-order valence-electron chi connectivity index (χ1n) is 5.70. The molecule has 0 fully saturated rings. The first-order chi connectivity index (χ1) is 8.26. The molecule has 0 aliphatic rings. The van der Waals surface area contributed by atoms with Gasteiger partial charge in [-0.05, 0) is 12.5 Å². The number of para-hydroxylation sites is 1. The molecule has 4 N–H and O–H groups in total. The fraction of sp³-hybridized carbons (Fsp3) is 0.333. The third-order valence-corrected chi connectivity index (χ3v) is 2.80. The number of nitrogens with zero attached hydrogens (tertiary/aromatic N) is 1. The smallest absolute Gasteiger partial charge is 0.272 e. The summed E-state index contributed by atoms with van der Waals surface area (Å²) in [6.45, 7) is 2.42. The van der Waals surface area contributed by atoms with Gasteiger partial charge in [-0.1, -0.05) is 25.1 Å². The molecule has 5 nitrogen and oxygen atoms in total. The summed E-state index contributed by atoms with van der Waals surface area (Å²) in [5.41, 5.74) is 6.84. The minimum absolute atomic E-state index is 0.00189. The van der Waals surface area contributed by atoms with Crippen LogP contribution in [-0.4, -0.2) is 28.7 Å². The summed E-state index contributed by atoms with van der Waals surface area (Å²) in [4.78, 5) is 12.0. The van der Waals surface area contributed by atoms with Crippen molar-refractivity contribution in [3.05, 3.63) is 30.0 Å². The number of aromatic amines is 1. The zero-order valence-electron chi connectivity index (χ0n) is 9.73. The lowest BCUT2D eigenvalue weighted by molar-refractivity contribution is 0.0933. The standard InChI is InChI=1S/C12H16N4O/c1-2-8(7-13)14-12(17)11-9-5-3-4-6-10(9)15-16-11/h3-6,8H,2,7,13H2,1H3,(H,14,17)(H,15,16). The molecule has 2 aromatic rings. The summed E-state index contributed by atoms with van der Waals surface area (Å²) < 4.78 is 0. The van der Waals surface area contributed by atoms with E-state index in [4.69, 9.17) is 5.73 Å². The van der Waals surface area contributed by atoms with Crippen LogP contribution in [0.5, 0.6) is 0 Å². The van der Waals surface area contributed by atoms with Gasteiger partial charge in [-0.25, -0.2) is 0 Å². The Labute approximate surface area is 99.4 Å². The summed E-state index contributed by atoms with van der Waals surface area (Å²) >= 11 is 0. The van der Waals surface area contributed by atoms with Crippen molar-refractivity contribution in [2.75, 3.05) is 6.54 Å². The molecular weight excluding hydrogens is 216 g/mol. The molecular formula is C12H16N4O. The molecule has 17 heavy (non-hydrogen) atoms. The van der Waals surface area contributed by atoms with Crippen LogP contribution in [0.1, 0.15) is 23.8 Å². The van der Waals surface area contributed by atoms with Crippen LogP contribution in [0.15, 0.2) is 24.3 Å². The Morgan fingerprint density at radius 1 is 1.53 bits per heavy atom. The summed E-state index contributed by atoms with van der Waals surface area (Å²) in [6.07, 6.45) is 0.810. The average Bonchev–Trinajstić information content (AvgIpc) is 2.79. The van der Waals surface area contributed by atoms with E-state index in [0.29, 0.717) is 12.2 Å². The molecule has 0 saturated carbocycles. The Kier molecular flexibility index (Phi) is 3.39. The largest absolute Gasteiger partial charge is 0.347 e. The SMILES string of the molecule is CCC(CN)NC(=O)c1n[nH]c2ccccc12. The Morgan fingerprint density at radius 3 is 3.00 bits per heavy atom. The zero-order valence-corrected chi connectivity index (χ0v) is 9.73. The Bertz CT molecular complexity index is 516.